The Kier molecular flexibility index (Phi) is 2.30. The number of fused-ring (bicyclic) bond motifs is 1. The molecule has 0 atom stereocenters. The van der Waals surface area contributed by atoms with Crippen LogP contribution in [0.25, 0.3) is 16.5 Å². The van der Waals surface area contributed by atoms with Crippen LogP contribution in [-0.2, 0) is 0 Å². The molecular weight excluding hydrogens is 230 g/mol. The van der Waals surface area contributed by atoms with Gasteiger partial charge in [0.1, 0.15) is 0 Å². The van der Waals surface area contributed by atoms with Crippen LogP contribution in [0.4, 0.5) is 0 Å². The van der Waals surface area contributed by atoms with Crippen molar-refractivity contribution in [2.45, 2.75) is 6.92 Å². The van der Waals surface area contributed by atoms with Crippen molar-refractivity contribution < 1.29 is 0 Å². The molecule has 0 spiro atoms. The average molecular weight is 241 g/mol. The van der Waals surface area contributed by atoms with E-state index in [2.05, 4.69) is 16.0 Å². The molecule has 17 heavy (non-hydrogen) atoms. The van der Waals surface area contributed by atoms with Crippen LogP contribution in [0.3, 0.4) is 0 Å². The predicted octanol–water partition coefficient (Wildman–Crippen LogP) is 3.39. The maximum atomic E-state index is 5.30. The van der Waals surface area contributed by atoms with E-state index in [1.54, 1.807) is 6.20 Å². The Balaban J connectivity index is 2.38. The van der Waals surface area contributed by atoms with E-state index in [1.165, 1.54) is 5.39 Å². The number of H-pyrrole nitrogens is 1. The molecule has 0 saturated heterocycles. The van der Waals surface area contributed by atoms with Crippen molar-refractivity contribution >= 4 is 23.0 Å². The molecule has 0 aliphatic heterocycles. The zero-order valence-corrected chi connectivity index (χ0v) is 10.2. The zero-order valence-electron chi connectivity index (χ0n) is 9.34. The summed E-state index contributed by atoms with van der Waals surface area (Å²) in [5.41, 5.74) is 2.11. The van der Waals surface area contributed by atoms with Crippen molar-refractivity contribution in [2.24, 2.45) is 0 Å². The summed E-state index contributed by atoms with van der Waals surface area (Å²) in [6.45, 7) is 2.00. The number of nitrogens with zero attached hydrogens (tertiary/aromatic N) is 2. The van der Waals surface area contributed by atoms with Crippen molar-refractivity contribution in [3.63, 3.8) is 0 Å². The molecule has 0 unspecified atom stereocenters. The summed E-state index contributed by atoms with van der Waals surface area (Å²) in [5, 5.41) is 2.27. The summed E-state index contributed by atoms with van der Waals surface area (Å²) in [6.07, 6.45) is 5.67. The molecule has 0 amide bonds. The molecule has 3 rings (SSSR count). The summed E-state index contributed by atoms with van der Waals surface area (Å²) in [5.74, 6) is 0. The highest BCUT2D eigenvalue weighted by atomic mass is 32.1. The molecule has 1 aromatic carbocycles. The summed E-state index contributed by atoms with van der Waals surface area (Å²) in [6, 6.07) is 8.15. The fourth-order valence-corrected chi connectivity index (χ4v) is 2.31. The zero-order chi connectivity index (χ0) is 11.8. The van der Waals surface area contributed by atoms with Crippen LogP contribution in [0.5, 0.6) is 0 Å². The first kappa shape index (κ1) is 10.2. The predicted molar refractivity (Wildman–Crippen MR) is 71.0 cm³/mol. The Morgan fingerprint density at radius 2 is 2.18 bits per heavy atom. The van der Waals surface area contributed by atoms with Gasteiger partial charge in [0.15, 0.2) is 4.77 Å². The van der Waals surface area contributed by atoms with E-state index in [9.17, 15) is 0 Å². The molecule has 3 aromatic rings. The molecule has 0 aliphatic rings. The molecule has 0 aliphatic carbocycles. The summed E-state index contributed by atoms with van der Waals surface area (Å²) in [7, 11) is 0. The van der Waals surface area contributed by atoms with Crippen LogP contribution < -0.4 is 0 Å². The highest BCUT2D eigenvalue weighted by Crippen LogP contribution is 2.21. The lowest BCUT2D eigenvalue weighted by molar-refractivity contribution is 1.04. The molecular formula is C13H11N3S. The first-order valence-corrected chi connectivity index (χ1v) is 5.78. The standard InChI is InChI=1S/C13H11N3S/c1-9-8-16(13(17)15-9)12-4-2-3-10-5-6-14-7-11(10)12/h2-8H,1H3,(H,15,17). The molecule has 84 valence electrons. The second-order valence-electron chi connectivity index (χ2n) is 3.99. The van der Waals surface area contributed by atoms with Gasteiger partial charge >= 0.3 is 0 Å². The van der Waals surface area contributed by atoms with Crippen molar-refractivity contribution in [1.29, 1.82) is 0 Å². The number of aromatic amines is 1. The lowest BCUT2D eigenvalue weighted by Gasteiger charge is -2.06. The van der Waals surface area contributed by atoms with E-state index >= 15 is 0 Å². The number of pyridine rings is 1. The normalized spacial score (nSPS) is 10.9. The Morgan fingerprint density at radius 3 is 2.94 bits per heavy atom. The fraction of sp³-hybridized carbons (Fsp3) is 0.0769. The van der Waals surface area contributed by atoms with Crippen LogP contribution in [0.15, 0.2) is 42.9 Å². The third-order valence-electron chi connectivity index (χ3n) is 2.77. The van der Waals surface area contributed by atoms with Gasteiger partial charge in [-0.2, -0.15) is 0 Å². The lowest BCUT2D eigenvalue weighted by atomic mass is 10.1. The average Bonchev–Trinajstić information content (AvgIpc) is 2.68. The van der Waals surface area contributed by atoms with Gasteiger partial charge in [-0.25, -0.2) is 0 Å². The van der Waals surface area contributed by atoms with Gasteiger partial charge in [-0.3, -0.25) is 9.55 Å². The summed E-state index contributed by atoms with van der Waals surface area (Å²) in [4.78, 5) is 7.31. The van der Waals surface area contributed by atoms with E-state index in [0.717, 1.165) is 16.8 Å². The highest BCUT2D eigenvalue weighted by molar-refractivity contribution is 7.71. The van der Waals surface area contributed by atoms with Gasteiger partial charge in [0.25, 0.3) is 0 Å². The Hall–Kier alpha value is -1.94. The molecule has 0 bridgehead atoms. The maximum Gasteiger partial charge on any atom is 0.182 e. The van der Waals surface area contributed by atoms with Crippen molar-refractivity contribution in [3.8, 4) is 5.69 Å². The van der Waals surface area contributed by atoms with E-state index < -0.39 is 0 Å². The van der Waals surface area contributed by atoms with Gasteiger partial charge in [-0.05, 0) is 36.7 Å². The van der Waals surface area contributed by atoms with Crippen LogP contribution in [-0.4, -0.2) is 14.5 Å². The summed E-state index contributed by atoms with van der Waals surface area (Å²) >= 11 is 5.30. The van der Waals surface area contributed by atoms with Crippen LogP contribution >= 0.6 is 12.2 Å². The number of nitrogens with one attached hydrogen (secondary N) is 1. The topological polar surface area (TPSA) is 33.6 Å². The second kappa shape index (κ2) is 3.82. The SMILES string of the molecule is Cc1cn(-c2cccc3ccncc23)c(=S)[nH]1. The molecule has 0 fully saturated rings. The number of hydrogen-bond acceptors (Lipinski definition) is 2. The van der Waals surface area contributed by atoms with Crippen molar-refractivity contribution in [1.82, 2.24) is 14.5 Å². The third-order valence-corrected chi connectivity index (χ3v) is 3.06. The largest absolute Gasteiger partial charge is 0.335 e. The Morgan fingerprint density at radius 1 is 1.29 bits per heavy atom. The van der Waals surface area contributed by atoms with E-state index in [-0.39, 0.29) is 0 Å². The van der Waals surface area contributed by atoms with Crippen molar-refractivity contribution in [2.75, 3.05) is 0 Å². The molecule has 3 nitrogen and oxygen atoms in total. The smallest absolute Gasteiger partial charge is 0.182 e. The monoisotopic (exact) mass is 241 g/mol. The number of hydrogen-bond donors (Lipinski definition) is 1. The van der Waals surface area contributed by atoms with Gasteiger partial charge < -0.3 is 4.98 Å². The minimum Gasteiger partial charge on any atom is -0.335 e. The molecule has 0 saturated carbocycles. The maximum absolute atomic E-state index is 5.30. The lowest BCUT2D eigenvalue weighted by Crippen LogP contribution is -1.93. The number of rotatable bonds is 1. The first-order valence-electron chi connectivity index (χ1n) is 5.37. The second-order valence-corrected chi connectivity index (χ2v) is 4.37. The van der Waals surface area contributed by atoms with E-state index in [4.69, 9.17) is 12.2 Å². The fourth-order valence-electron chi connectivity index (χ4n) is 2.00. The van der Waals surface area contributed by atoms with Crippen molar-refractivity contribution in [3.05, 3.63) is 53.3 Å². The molecule has 2 aromatic heterocycles. The van der Waals surface area contributed by atoms with Crippen LogP contribution in [0, 0.1) is 11.7 Å². The quantitative estimate of drug-likeness (QED) is 0.662. The summed E-state index contributed by atoms with van der Waals surface area (Å²) < 4.78 is 2.69. The van der Waals surface area contributed by atoms with Crippen LogP contribution in [0.1, 0.15) is 5.69 Å². The number of benzene rings is 1. The van der Waals surface area contributed by atoms with Gasteiger partial charge in [0.05, 0.1) is 5.69 Å². The minimum atomic E-state index is 0.707. The Bertz CT molecular complexity index is 734. The van der Waals surface area contributed by atoms with E-state index in [0.29, 0.717) is 4.77 Å². The number of aryl methyl sites for hydroxylation is 1. The van der Waals surface area contributed by atoms with Gasteiger partial charge in [0, 0.05) is 29.7 Å². The first-order chi connectivity index (χ1) is 8.25. The van der Waals surface area contributed by atoms with Gasteiger partial charge in [0.2, 0.25) is 0 Å². The molecule has 2 heterocycles. The highest BCUT2D eigenvalue weighted by Gasteiger charge is 2.04. The van der Waals surface area contributed by atoms with E-state index in [1.807, 2.05) is 42.1 Å². The van der Waals surface area contributed by atoms with Gasteiger partial charge in [-0.1, -0.05) is 12.1 Å². The molecule has 0 radical (unpaired) electrons. The number of imidazole rings is 1. The third kappa shape index (κ3) is 1.66. The number of aromatic nitrogens is 3. The van der Waals surface area contributed by atoms with Gasteiger partial charge in [-0.15, -0.1) is 0 Å². The van der Waals surface area contributed by atoms with Crippen LogP contribution in [0.2, 0.25) is 0 Å². The Labute approximate surface area is 104 Å². The molecule has 1 N–H and O–H groups in total. The minimum absolute atomic E-state index is 0.707. The molecule has 4 heteroatoms.